The van der Waals surface area contributed by atoms with Crippen LogP contribution in [0, 0.1) is 10.8 Å². The van der Waals surface area contributed by atoms with E-state index in [4.69, 9.17) is 17.6 Å². The molecule has 0 amide bonds. The number of hydrogen-bond donors (Lipinski definition) is 0. The van der Waals surface area contributed by atoms with E-state index >= 15 is 0 Å². The van der Waals surface area contributed by atoms with Crippen LogP contribution in [0.4, 0.5) is 11.4 Å². The van der Waals surface area contributed by atoms with E-state index in [1.165, 1.54) is 22.3 Å². The molecule has 3 aromatic carbocycles. The van der Waals surface area contributed by atoms with Crippen LogP contribution >= 0.6 is 0 Å². The van der Waals surface area contributed by atoms with E-state index in [1.807, 2.05) is 36.7 Å². The monoisotopic (exact) mass is 649 g/mol. The van der Waals surface area contributed by atoms with Gasteiger partial charge in [-0.3, -0.25) is 9.98 Å². The molecule has 0 bridgehead atoms. The fraction of sp³-hybridized carbons (Fsp3) is 0.524. The summed E-state index contributed by atoms with van der Waals surface area (Å²) in [5.74, 6) is 1.69. The van der Waals surface area contributed by atoms with Crippen molar-refractivity contribution >= 4 is 39.7 Å². The molecule has 1 aliphatic heterocycles. The van der Waals surface area contributed by atoms with Gasteiger partial charge in [0.1, 0.15) is 0 Å². The quantitative estimate of drug-likeness (QED) is 0.259. The molecular weight excluding hydrogens is 591 g/mol. The number of rotatable bonds is 2. The summed E-state index contributed by atoms with van der Waals surface area (Å²) in [7, 11) is 0. The van der Waals surface area contributed by atoms with Crippen LogP contribution in [-0.2, 0) is 21.7 Å². The van der Waals surface area contributed by atoms with E-state index in [0.717, 1.165) is 34.0 Å². The minimum atomic E-state index is -0.920. The Hall–Kier alpha value is -2.87. The number of para-hydroxylation sites is 2. The van der Waals surface area contributed by atoms with Crippen LogP contribution in [0.1, 0.15) is 144 Å². The zero-order chi connectivity index (χ0) is 35.4. The van der Waals surface area contributed by atoms with Crippen molar-refractivity contribution < 1.29 is 7.58 Å². The van der Waals surface area contributed by atoms with Crippen molar-refractivity contribution in [1.29, 1.82) is 0 Å². The molecule has 47 heavy (non-hydrogen) atoms. The number of hydrogen-bond acceptors (Lipinski definition) is 4. The SMILES string of the molecule is CC(C)(C)c1cc2c(c(C(C)(C)C(C)(C)C)c1)[O][Al][O]c1c(cc(C(C)(C)C)cc1C(C)(C)C(C)(C)C)C=Nc1ccccc1N=C2. The normalized spacial score (nSPS) is 14.7. The molecule has 1 aliphatic rings. The van der Waals surface area contributed by atoms with Crippen molar-refractivity contribution in [2.24, 2.45) is 20.8 Å². The van der Waals surface area contributed by atoms with Crippen LogP contribution in [-0.4, -0.2) is 28.3 Å². The van der Waals surface area contributed by atoms with Gasteiger partial charge in [0.15, 0.2) is 0 Å². The molecule has 1 radical (unpaired) electrons. The first-order valence-corrected chi connectivity index (χ1v) is 18.0. The molecule has 0 spiro atoms. The van der Waals surface area contributed by atoms with Gasteiger partial charge in [0.25, 0.3) is 0 Å². The summed E-state index contributed by atoms with van der Waals surface area (Å²) in [5.41, 5.74) is 7.77. The zero-order valence-corrected chi connectivity index (χ0v) is 33.2. The van der Waals surface area contributed by atoms with Crippen LogP contribution in [0.5, 0.6) is 11.5 Å². The summed E-state index contributed by atoms with van der Waals surface area (Å²) < 4.78 is 13.8. The number of benzene rings is 3. The highest BCUT2D eigenvalue weighted by molar-refractivity contribution is 6.21. The molecule has 0 aliphatic carbocycles. The van der Waals surface area contributed by atoms with Gasteiger partial charge < -0.3 is 7.58 Å². The molecule has 0 N–H and O–H groups in total. The predicted molar refractivity (Wildman–Crippen MR) is 203 cm³/mol. The molecular formula is C42H58AlN2O2. The Balaban J connectivity index is 2.08. The maximum atomic E-state index is 6.90. The second kappa shape index (κ2) is 12.5. The van der Waals surface area contributed by atoms with Gasteiger partial charge >= 0.3 is 15.9 Å². The minimum Gasteiger partial charge on any atom is -0.615 e. The topological polar surface area (TPSA) is 43.2 Å². The highest BCUT2D eigenvalue weighted by Crippen LogP contribution is 2.49. The molecule has 3 aromatic rings. The van der Waals surface area contributed by atoms with Crippen LogP contribution in [0.25, 0.3) is 0 Å². The Bertz CT molecular complexity index is 1560. The average molecular weight is 650 g/mol. The van der Waals surface area contributed by atoms with Crippen LogP contribution in [0.15, 0.2) is 58.5 Å². The summed E-state index contributed by atoms with van der Waals surface area (Å²) in [6.07, 6.45) is 3.91. The first-order chi connectivity index (χ1) is 21.4. The van der Waals surface area contributed by atoms with Crippen molar-refractivity contribution in [1.82, 2.24) is 0 Å². The van der Waals surface area contributed by atoms with Gasteiger partial charge in [0, 0.05) is 23.6 Å². The first kappa shape index (κ1) is 37.0. The Morgan fingerprint density at radius 3 is 1.13 bits per heavy atom. The van der Waals surface area contributed by atoms with Crippen molar-refractivity contribution in [2.45, 2.75) is 132 Å². The van der Waals surface area contributed by atoms with Crippen molar-refractivity contribution in [2.75, 3.05) is 0 Å². The van der Waals surface area contributed by atoms with E-state index in [1.54, 1.807) is 0 Å². The van der Waals surface area contributed by atoms with E-state index in [9.17, 15) is 0 Å². The smallest absolute Gasteiger partial charge is 0.615 e. The lowest BCUT2D eigenvalue weighted by molar-refractivity contribution is 0.219. The maximum Gasteiger partial charge on any atom is 0.881 e. The van der Waals surface area contributed by atoms with Gasteiger partial charge in [-0.25, -0.2) is 0 Å². The molecule has 0 fully saturated rings. The van der Waals surface area contributed by atoms with E-state index in [-0.39, 0.29) is 32.5 Å². The lowest BCUT2D eigenvalue weighted by Crippen LogP contribution is -2.36. The third kappa shape index (κ3) is 7.58. The fourth-order valence-corrected chi connectivity index (χ4v) is 6.21. The van der Waals surface area contributed by atoms with Gasteiger partial charge in [-0.2, -0.15) is 0 Å². The standard InChI is InChI=1S/C42H60N2O2.Al/c1-37(2,3)29-21-27(35(45)31(23-29)41(13,14)39(7,8)9)25-43-33-19-17-18-20-34(33)44-26-28-22-30(38(4,5)6)24-32(36(28)46)42(15,16)40(10,11)12;/h17-26,45-46H,1-16H3;/q;+2/p-2. The lowest BCUT2D eigenvalue weighted by atomic mass is 9.64. The van der Waals surface area contributed by atoms with Crippen molar-refractivity contribution in [3.63, 3.8) is 0 Å². The zero-order valence-electron chi connectivity index (χ0n) is 32.1. The molecule has 5 heteroatoms. The summed E-state index contributed by atoms with van der Waals surface area (Å²) in [6.45, 7) is 36.7. The summed E-state index contributed by atoms with van der Waals surface area (Å²) in [6, 6.07) is 17.3. The Morgan fingerprint density at radius 1 is 0.489 bits per heavy atom. The van der Waals surface area contributed by atoms with Gasteiger partial charge in [-0.1, -0.05) is 135 Å². The van der Waals surface area contributed by atoms with Crippen molar-refractivity contribution in [3.8, 4) is 11.5 Å². The van der Waals surface area contributed by atoms with Gasteiger partial charge in [-0.05, 0) is 79.0 Å². The van der Waals surface area contributed by atoms with Gasteiger partial charge in [0.05, 0.1) is 22.9 Å². The van der Waals surface area contributed by atoms with E-state index in [2.05, 4.69) is 135 Å². The highest BCUT2D eigenvalue weighted by atomic mass is 27.2. The predicted octanol–water partition coefficient (Wildman–Crippen LogP) is 11.7. The molecule has 1 heterocycles. The summed E-state index contributed by atoms with van der Waals surface area (Å²) >= 11 is -0.920. The summed E-state index contributed by atoms with van der Waals surface area (Å²) in [4.78, 5) is 10.1. The molecule has 4 rings (SSSR count). The second-order valence-corrected chi connectivity index (χ2v) is 19.1. The van der Waals surface area contributed by atoms with Crippen LogP contribution < -0.4 is 7.58 Å². The van der Waals surface area contributed by atoms with Gasteiger partial charge in [-0.15, -0.1) is 0 Å². The Labute approximate surface area is 292 Å². The summed E-state index contributed by atoms with van der Waals surface area (Å²) in [5, 5.41) is 0. The molecule has 0 saturated heterocycles. The first-order valence-electron chi connectivity index (χ1n) is 17.1. The molecule has 0 atom stereocenters. The Kier molecular flexibility index (Phi) is 9.86. The van der Waals surface area contributed by atoms with E-state index < -0.39 is 15.9 Å². The molecule has 251 valence electrons. The Morgan fingerprint density at radius 2 is 0.830 bits per heavy atom. The molecule has 0 saturated carbocycles. The fourth-order valence-electron chi connectivity index (χ4n) is 5.44. The van der Waals surface area contributed by atoms with E-state index in [0.29, 0.717) is 0 Å². The van der Waals surface area contributed by atoms with Crippen molar-refractivity contribution in [3.05, 3.63) is 81.9 Å². The minimum absolute atomic E-state index is 0.0323. The van der Waals surface area contributed by atoms with Gasteiger partial charge in [0.2, 0.25) is 0 Å². The molecule has 0 unspecified atom stereocenters. The number of fused-ring (bicyclic) bond motifs is 3. The number of aliphatic imine (C=N–C) groups is 2. The highest BCUT2D eigenvalue weighted by Gasteiger charge is 2.40. The lowest BCUT2D eigenvalue weighted by Gasteiger charge is -2.42. The average Bonchev–Trinajstić information content (AvgIpc) is 2.94. The second-order valence-electron chi connectivity index (χ2n) is 18.5. The van der Waals surface area contributed by atoms with Crippen LogP contribution in [0.3, 0.4) is 0 Å². The third-order valence-corrected chi connectivity index (χ3v) is 11.6. The van der Waals surface area contributed by atoms with Crippen LogP contribution in [0.2, 0.25) is 0 Å². The number of nitrogens with zero attached hydrogens (tertiary/aromatic N) is 2. The largest absolute Gasteiger partial charge is 0.881 e. The maximum absolute atomic E-state index is 6.90. The third-order valence-electron chi connectivity index (χ3n) is 11.0. The molecule has 0 aromatic heterocycles. The molecule has 4 nitrogen and oxygen atoms in total.